The topological polar surface area (TPSA) is 42.4 Å². The molecule has 1 saturated carbocycles. The monoisotopic (exact) mass is 299 g/mol. The first-order valence-electron chi connectivity index (χ1n) is 6.00. The minimum absolute atomic E-state index is 0.0679. The second kappa shape index (κ2) is 5.46. The molecule has 1 fully saturated rings. The molecule has 1 aliphatic rings. The zero-order valence-corrected chi connectivity index (χ0v) is 11.6. The van der Waals surface area contributed by atoms with Crippen LogP contribution in [-0.4, -0.2) is 28.9 Å². The molecule has 0 aromatic carbocycles. The summed E-state index contributed by atoms with van der Waals surface area (Å²) in [4.78, 5) is 4.32. The van der Waals surface area contributed by atoms with Gasteiger partial charge in [0.1, 0.15) is 0 Å². The van der Waals surface area contributed by atoms with Crippen molar-refractivity contribution in [3.8, 4) is 0 Å². The fourth-order valence-corrected chi connectivity index (χ4v) is 2.79. The first-order chi connectivity index (χ1) is 8.14. The molecular formula is C13H18BrNO2. The molecule has 4 heteroatoms. The maximum absolute atomic E-state index is 10.7. The largest absolute Gasteiger partial charge is 0.387 e. The lowest BCUT2D eigenvalue weighted by molar-refractivity contribution is -0.116. The zero-order chi connectivity index (χ0) is 12.3. The molecule has 1 aliphatic carbocycles. The Morgan fingerprint density at radius 1 is 1.53 bits per heavy atom. The number of nitrogens with zero attached hydrogens (tertiary/aromatic N) is 1. The van der Waals surface area contributed by atoms with Crippen LogP contribution in [0.1, 0.15) is 31.4 Å². The number of aliphatic hydroxyl groups is 1. The van der Waals surface area contributed by atoms with E-state index in [-0.39, 0.29) is 6.10 Å². The molecule has 1 heterocycles. The van der Waals surface area contributed by atoms with Gasteiger partial charge in [-0.3, -0.25) is 4.98 Å². The summed E-state index contributed by atoms with van der Waals surface area (Å²) in [5.41, 5.74) is 0.160. The molecule has 17 heavy (non-hydrogen) atoms. The predicted octanol–water partition coefficient (Wildman–Crippen LogP) is 2.71. The highest BCUT2D eigenvalue weighted by molar-refractivity contribution is 9.10. The quantitative estimate of drug-likeness (QED) is 0.933. The Labute approximate surface area is 110 Å². The van der Waals surface area contributed by atoms with Crippen molar-refractivity contribution in [3.05, 3.63) is 28.5 Å². The first-order valence-corrected chi connectivity index (χ1v) is 6.79. The second-order valence-corrected chi connectivity index (χ2v) is 5.63. The molecule has 0 radical (unpaired) electrons. The highest BCUT2D eigenvalue weighted by atomic mass is 79.9. The molecule has 0 saturated heterocycles. The zero-order valence-electron chi connectivity index (χ0n) is 10.0. The van der Waals surface area contributed by atoms with E-state index < -0.39 is 5.60 Å². The smallest absolute Gasteiger partial charge is 0.0963 e. The predicted molar refractivity (Wildman–Crippen MR) is 69.9 cm³/mol. The Morgan fingerprint density at radius 2 is 2.35 bits per heavy atom. The van der Waals surface area contributed by atoms with E-state index in [2.05, 4.69) is 20.9 Å². The number of halogens is 1. The summed E-state index contributed by atoms with van der Waals surface area (Å²) >= 11 is 3.36. The van der Waals surface area contributed by atoms with Crippen molar-refractivity contribution in [1.82, 2.24) is 4.98 Å². The molecule has 2 atom stereocenters. The van der Waals surface area contributed by atoms with Gasteiger partial charge in [-0.25, -0.2) is 0 Å². The average molecular weight is 300 g/mol. The molecule has 2 unspecified atom stereocenters. The van der Waals surface area contributed by atoms with Gasteiger partial charge in [0.05, 0.1) is 11.7 Å². The number of pyridine rings is 1. The molecule has 1 aromatic heterocycles. The van der Waals surface area contributed by atoms with Crippen molar-refractivity contribution in [1.29, 1.82) is 0 Å². The Bertz CT molecular complexity index is 368. The van der Waals surface area contributed by atoms with E-state index in [1.54, 1.807) is 13.3 Å². The molecule has 0 bridgehead atoms. The van der Waals surface area contributed by atoms with Gasteiger partial charge in [-0.15, -0.1) is 0 Å². The van der Waals surface area contributed by atoms with Crippen LogP contribution in [0.4, 0.5) is 0 Å². The van der Waals surface area contributed by atoms with Crippen LogP contribution in [0.3, 0.4) is 0 Å². The van der Waals surface area contributed by atoms with Crippen molar-refractivity contribution >= 4 is 15.9 Å². The van der Waals surface area contributed by atoms with Crippen LogP contribution < -0.4 is 0 Å². The van der Waals surface area contributed by atoms with Crippen LogP contribution in [-0.2, 0) is 11.2 Å². The third-order valence-electron chi connectivity index (χ3n) is 3.49. The molecule has 3 nitrogen and oxygen atoms in total. The SMILES string of the molecule is COC1CCCCC1(O)Cc1ccc(Br)cn1. The van der Waals surface area contributed by atoms with Gasteiger partial charge in [-0.2, -0.15) is 0 Å². The fraction of sp³-hybridized carbons (Fsp3) is 0.615. The van der Waals surface area contributed by atoms with Crippen molar-refractivity contribution < 1.29 is 9.84 Å². The molecule has 0 aliphatic heterocycles. The first kappa shape index (κ1) is 13.0. The van der Waals surface area contributed by atoms with Gasteiger partial charge >= 0.3 is 0 Å². The summed E-state index contributed by atoms with van der Waals surface area (Å²) in [6.07, 6.45) is 6.19. The van der Waals surface area contributed by atoms with Crippen LogP contribution >= 0.6 is 15.9 Å². The van der Waals surface area contributed by atoms with Crippen molar-refractivity contribution in [2.75, 3.05) is 7.11 Å². The molecule has 0 spiro atoms. The number of aromatic nitrogens is 1. The maximum Gasteiger partial charge on any atom is 0.0963 e. The lowest BCUT2D eigenvalue weighted by atomic mass is 9.79. The van der Waals surface area contributed by atoms with E-state index in [1.165, 1.54) is 0 Å². The summed E-state index contributed by atoms with van der Waals surface area (Å²) in [6.45, 7) is 0. The number of methoxy groups -OCH3 is 1. The van der Waals surface area contributed by atoms with Crippen molar-refractivity contribution in [3.63, 3.8) is 0 Å². The van der Waals surface area contributed by atoms with Crippen LogP contribution in [0.25, 0.3) is 0 Å². The Balaban J connectivity index is 2.11. The minimum Gasteiger partial charge on any atom is -0.387 e. The van der Waals surface area contributed by atoms with Gasteiger partial charge in [0.25, 0.3) is 0 Å². The van der Waals surface area contributed by atoms with Gasteiger partial charge in [0.15, 0.2) is 0 Å². The lowest BCUT2D eigenvalue weighted by Crippen LogP contribution is -2.47. The summed E-state index contributed by atoms with van der Waals surface area (Å²) in [7, 11) is 1.68. The Kier molecular flexibility index (Phi) is 4.17. The molecular weight excluding hydrogens is 282 g/mol. The van der Waals surface area contributed by atoms with E-state index in [9.17, 15) is 5.11 Å². The number of ether oxygens (including phenoxy) is 1. The van der Waals surface area contributed by atoms with Crippen molar-refractivity contribution in [2.45, 2.75) is 43.8 Å². The number of rotatable bonds is 3. The average Bonchev–Trinajstić information content (AvgIpc) is 2.32. The summed E-state index contributed by atoms with van der Waals surface area (Å²) in [5.74, 6) is 0. The molecule has 0 amide bonds. The van der Waals surface area contributed by atoms with Gasteiger partial charge < -0.3 is 9.84 Å². The summed E-state index contributed by atoms with van der Waals surface area (Å²) in [5, 5.41) is 10.7. The van der Waals surface area contributed by atoms with Crippen LogP contribution in [0.5, 0.6) is 0 Å². The molecule has 1 N–H and O–H groups in total. The number of hydrogen-bond donors (Lipinski definition) is 1. The van der Waals surface area contributed by atoms with Gasteiger partial charge in [0.2, 0.25) is 0 Å². The van der Waals surface area contributed by atoms with E-state index >= 15 is 0 Å². The molecule has 2 rings (SSSR count). The van der Waals surface area contributed by atoms with Gasteiger partial charge in [-0.05, 0) is 40.9 Å². The highest BCUT2D eigenvalue weighted by Gasteiger charge is 2.39. The van der Waals surface area contributed by atoms with Gasteiger partial charge in [0, 0.05) is 29.9 Å². The molecule has 1 aromatic rings. The van der Waals surface area contributed by atoms with E-state index in [1.807, 2.05) is 12.1 Å². The van der Waals surface area contributed by atoms with E-state index in [4.69, 9.17) is 4.74 Å². The second-order valence-electron chi connectivity index (χ2n) is 4.72. The van der Waals surface area contributed by atoms with E-state index in [0.717, 1.165) is 35.8 Å². The van der Waals surface area contributed by atoms with Crippen LogP contribution in [0.2, 0.25) is 0 Å². The maximum atomic E-state index is 10.7. The minimum atomic E-state index is -0.756. The third kappa shape index (κ3) is 3.06. The fourth-order valence-electron chi connectivity index (χ4n) is 2.55. The van der Waals surface area contributed by atoms with Crippen molar-refractivity contribution in [2.24, 2.45) is 0 Å². The van der Waals surface area contributed by atoms with E-state index in [0.29, 0.717) is 6.42 Å². The Morgan fingerprint density at radius 3 is 3.00 bits per heavy atom. The summed E-state index contributed by atoms with van der Waals surface area (Å²) in [6, 6.07) is 3.90. The Hall–Kier alpha value is -0.450. The lowest BCUT2D eigenvalue weighted by Gasteiger charge is -2.38. The molecule has 94 valence electrons. The standard InChI is InChI=1S/C13H18BrNO2/c1-17-12-4-2-3-7-13(12,16)8-11-6-5-10(14)9-15-11/h5-6,9,12,16H,2-4,7-8H2,1H3. The third-order valence-corrected chi connectivity index (χ3v) is 3.95. The summed E-state index contributed by atoms with van der Waals surface area (Å²) < 4.78 is 6.37. The number of hydrogen-bond acceptors (Lipinski definition) is 3. The normalized spacial score (nSPS) is 29.2. The highest BCUT2D eigenvalue weighted by Crippen LogP contribution is 2.33. The van der Waals surface area contributed by atoms with Gasteiger partial charge in [-0.1, -0.05) is 12.8 Å². The van der Waals surface area contributed by atoms with Crippen LogP contribution in [0.15, 0.2) is 22.8 Å². The van der Waals surface area contributed by atoms with Crippen LogP contribution in [0, 0.1) is 0 Å².